The van der Waals surface area contributed by atoms with Gasteiger partial charge in [0.25, 0.3) is 0 Å². The average molecular weight is 377 g/mol. The molecule has 3 aromatic carbocycles. The van der Waals surface area contributed by atoms with Crippen molar-refractivity contribution < 1.29 is 0 Å². The molecule has 0 saturated heterocycles. The highest BCUT2D eigenvalue weighted by Crippen LogP contribution is 2.27. The first kappa shape index (κ1) is 18.2. The van der Waals surface area contributed by atoms with Crippen molar-refractivity contribution in [3.05, 3.63) is 108 Å². The fraction of sp³-hybridized carbons (Fsp3) is 0.0417. The van der Waals surface area contributed by atoms with Crippen molar-refractivity contribution in [1.29, 1.82) is 5.26 Å². The Morgan fingerprint density at radius 1 is 0.862 bits per heavy atom. The summed E-state index contributed by atoms with van der Waals surface area (Å²) >= 11 is 0. The van der Waals surface area contributed by atoms with Crippen molar-refractivity contribution in [3.63, 3.8) is 0 Å². The summed E-state index contributed by atoms with van der Waals surface area (Å²) < 4.78 is 0. The number of hydrogen-bond acceptors (Lipinski definition) is 5. The topological polar surface area (TPSA) is 64.8 Å². The number of aromatic nitrogens is 2. The summed E-state index contributed by atoms with van der Waals surface area (Å²) in [6.07, 6.45) is 1.74. The van der Waals surface area contributed by atoms with Crippen LogP contribution < -0.4 is 10.2 Å². The van der Waals surface area contributed by atoms with Gasteiger partial charge in [-0.3, -0.25) is 0 Å². The van der Waals surface area contributed by atoms with Crippen LogP contribution in [0.1, 0.15) is 11.1 Å². The van der Waals surface area contributed by atoms with E-state index in [1.54, 1.807) is 18.3 Å². The summed E-state index contributed by atoms with van der Waals surface area (Å²) in [5, 5.41) is 12.3. The first-order valence-corrected chi connectivity index (χ1v) is 9.28. The lowest BCUT2D eigenvalue weighted by Crippen LogP contribution is -2.18. The van der Waals surface area contributed by atoms with E-state index in [0.717, 1.165) is 17.2 Å². The van der Waals surface area contributed by atoms with Crippen LogP contribution in [0.2, 0.25) is 0 Å². The SMILES string of the molecule is N#Cc1cccc(Nc2nccc(N(Cc3ccccc3)c3ccccc3)n2)c1. The van der Waals surface area contributed by atoms with Crippen molar-refractivity contribution in [3.8, 4) is 6.07 Å². The fourth-order valence-corrected chi connectivity index (χ4v) is 3.03. The van der Waals surface area contributed by atoms with E-state index < -0.39 is 0 Å². The predicted molar refractivity (Wildman–Crippen MR) is 115 cm³/mol. The number of benzene rings is 3. The number of para-hydroxylation sites is 1. The predicted octanol–water partition coefficient (Wildman–Crippen LogP) is 5.43. The summed E-state index contributed by atoms with van der Waals surface area (Å²) in [5.41, 5.74) is 3.59. The van der Waals surface area contributed by atoms with Gasteiger partial charge in [0.2, 0.25) is 5.95 Å². The van der Waals surface area contributed by atoms with E-state index in [4.69, 9.17) is 10.2 Å². The Morgan fingerprint density at radius 3 is 2.38 bits per heavy atom. The highest BCUT2D eigenvalue weighted by molar-refractivity contribution is 5.63. The summed E-state index contributed by atoms with van der Waals surface area (Å²) in [7, 11) is 0. The molecule has 0 spiro atoms. The standard InChI is InChI=1S/C24H19N5/c25-17-20-10-7-11-21(16-20)27-24-26-15-14-23(28-24)29(22-12-5-2-6-13-22)18-19-8-3-1-4-9-19/h1-16H,18H2,(H,26,27,28). The van der Waals surface area contributed by atoms with Crippen LogP contribution >= 0.6 is 0 Å². The molecule has 0 saturated carbocycles. The molecule has 0 atom stereocenters. The van der Waals surface area contributed by atoms with Crippen LogP contribution in [0.15, 0.2) is 97.2 Å². The van der Waals surface area contributed by atoms with Gasteiger partial charge in [0.05, 0.1) is 11.6 Å². The minimum atomic E-state index is 0.478. The van der Waals surface area contributed by atoms with Crippen molar-refractivity contribution in [2.24, 2.45) is 0 Å². The molecule has 29 heavy (non-hydrogen) atoms. The van der Waals surface area contributed by atoms with Crippen LogP contribution in [0.5, 0.6) is 0 Å². The van der Waals surface area contributed by atoms with Crippen LogP contribution in [0, 0.1) is 11.3 Å². The van der Waals surface area contributed by atoms with E-state index in [1.807, 2.05) is 54.6 Å². The average Bonchev–Trinajstić information content (AvgIpc) is 2.79. The molecule has 5 heteroatoms. The van der Waals surface area contributed by atoms with E-state index >= 15 is 0 Å². The Balaban J connectivity index is 1.66. The van der Waals surface area contributed by atoms with Crippen molar-refractivity contribution in [2.75, 3.05) is 10.2 Å². The number of nitrogens with zero attached hydrogens (tertiary/aromatic N) is 4. The largest absolute Gasteiger partial charge is 0.324 e. The molecule has 4 rings (SSSR count). The molecule has 1 heterocycles. The van der Waals surface area contributed by atoms with E-state index in [2.05, 4.69) is 45.5 Å². The van der Waals surface area contributed by atoms with Gasteiger partial charge in [-0.15, -0.1) is 0 Å². The molecule has 0 radical (unpaired) electrons. The van der Waals surface area contributed by atoms with Crippen LogP contribution in [-0.4, -0.2) is 9.97 Å². The monoisotopic (exact) mass is 377 g/mol. The van der Waals surface area contributed by atoms with Crippen molar-refractivity contribution >= 4 is 23.1 Å². The van der Waals surface area contributed by atoms with Gasteiger partial charge >= 0.3 is 0 Å². The Hall–Kier alpha value is -4.17. The number of nitrogens with one attached hydrogen (secondary N) is 1. The second-order valence-corrected chi connectivity index (χ2v) is 6.46. The van der Waals surface area contributed by atoms with Gasteiger partial charge < -0.3 is 10.2 Å². The highest BCUT2D eigenvalue weighted by Gasteiger charge is 2.12. The Kier molecular flexibility index (Phi) is 5.45. The molecule has 0 aliphatic carbocycles. The molecule has 140 valence electrons. The fourth-order valence-electron chi connectivity index (χ4n) is 3.03. The van der Waals surface area contributed by atoms with Gasteiger partial charge in [0.15, 0.2) is 0 Å². The Bertz CT molecular complexity index is 1120. The third-order valence-electron chi connectivity index (χ3n) is 4.42. The van der Waals surface area contributed by atoms with E-state index in [-0.39, 0.29) is 0 Å². The normalized spacial score (nSPS) is 10.2. The van der Waals surface area contributed by atoms with Gasteiger partial charge in [0, 0.05) is 24.1 Å². The second kappa shape index (κ2) is 8.68. The summed E-state index contributed by atoms with van der Waals surface area (Å²) in [4.78, 5) is 11.2. The highest BCUT2D eigenvalue weighted by atomic mass is 15.2. The quantitative estimate of drug-likeness (QED) is 0.485. The van der Waals surface area contributed by atoms with Gasteiger partial charge in [-0.05, 0) is 42.0 Å². The maximum absolute atomic E-state index is 9.10. The lowest BCUT2D eigenvalue weighted by molar-refractivity contribution is 0.940. The van der Waals surface area contributed by atoms with Crippen molar-refractivity contribution in [1.82, 2.24) is 9.97 Å². The second-order valence-electron chi connectivity index (χ2n) is 6.46. The smallest absolute Gasteiger partial charge is 0.229 e. The van der Waals surface area contributed by atoms with Gasteiger partial charge in [-0.1, -0.05) is 54.6 Å². The van der Waals surface area contributed by atoms with Gasteiger partial charge in [-0.2, -0.15) is 10.2 Å². The molecule has 0 aliphatic heterocycles. The van der Waals surface area contributed by atoms with Gasteiger partial charge in [0.1, 0.15) is 5.82 Å². The first-order valence-electron chi connectivity index (χ1n) is 9.28. The van der Waals surface area contributed by atoms with Crippen molar-refractivity contribution in [2.45, 2.75) is 6.54 Å². The first-order chi connectivity index (χ1) is 14.3. The molecule has 0 aliphatic rings. The maximum atomic E-state index is 9.10. The lowest BCUT2D eigenvalue weighted by atomic mass is 10.2. The Labute approximate surface area is 169 Å². The molecular weight excluding hydrogens is 358 g/mol. The lowest BCUT2D eigenvalue weighted by Gasteiger charge is -2.24. The molecule has 0 fully saturated rings. The van der Waals surface area contributed by atoms with Crippen LogP contribution in [0.3, 0.4) is 0 Å². The zero-order valence-corrected chi connectivity index (χ0v) is 15.7. The molecule has 1 N–H and O–H groups in total. The molecule has 5 nitrogen and oxygen atoms in total. The molecule has 0 unspecified atom stereocenters. The maximum Gasteiger partial charge on any atom is 0.229 e. The van der Waals surface area contributed by atoms with Gasteiger partial charge in [-0.25, -0.2) is 4.98 Å². The number of nitriles is 1. The zero-order chi connectivity index (χ0) is 19.9. The molecule has 1 aromatic heterocycles. The number of hydrogen-bond donors (Lipinski definition) is 1. The third kappa shape index (κ3) is 4.57. The molecule has 0 amide bonds. The molecule has 0 bridgehead atoms. The van der Waals surface area contributed by atoms with Crippen LogP contribution in [0.4, 0.5) is 23.1 Å². The molecular formula is C24H19N5. The molecule has 4 aromatic rings. The van der Waals surface area contributed by atoms with E-state index in [1.165, 1.54) is 5.56 Å². The van der Waals surface area contributed by atoms with Crippen LogP contribution in [-0.2, 0) is 6.54 Å². The third-order valence-corrected chi connectivity index (χ3v) is 4.42. The zero-order valence-electron chi connectivity index (χ0n) is 15.7. The Morgan fingerprint density at radius 2 is 1.62 bits per heavy atom. The number of anilines is 4. The van der Waals surface area contributed by atoms with Crippen LogP contribution in [0.25, 0.3) is 0 Å². The minimum absolute atomic E-state index is 0.478. The summed E-state index contributed by atoms with van der Waals surface area (Å²) in [6.45, 7) is 0.686. The van der Waals surface area contributed by atoms with E-state index in [0.29, 0.717) is 18.1 Å². The minimum Gasteiger partial charge on any atom is -0.324 e. The number of rotatable bonds is 6. The summed E-state index contributed by atoms with van der Waals surface area (Å²) in [6, 6.07) is 31.7. The summed E-state index contributed by atoms with van der Waals surface area (Å²) in [5.74, 6) is 1.26. The van der Waals surface area contributed by atoms with E-state index in [9.17, 15) is 0 Å².